The summed E-state index contributed by atoms with van der Waals surface area (Å²) in [4.78, 5) is 9.71. The molecule has 0 atom stereocenters. The number of hydrogen-bond acceptors (Lipinski definition) is 2. The average Bonchev–Trinajstić information content (AvgIpc) is 2.71. The summed E-state index contributed by atoms with van der Waals surface area (Å²) in [7, 11) is 0. The Labute approximate surface area is 175 Å². The average molecular weight is 387 g/mol. The summed E-state index contributed by atoms with van der Waals surface area (Å²) in [6.45, 7) is 6.80. The van der Waals surface area contributed by atoms with Crippen LogP contribution in [0.1, 0.15) is 140 Å². The van der Waals surface area contributed by atoms with Crippen LogP contribution in [0.3, 0.4) is 0 Å². The van der Waals surface area contributed by atoms with Gasteiger partial charge in [-0.3, -0.25) is 0 Å². The summed E-state index contributed by atoms with van der Waals surface area (Å²) < 4.78 is 0. The first-order valence-corrected chi connectivity index (χ1v) is 12.6. The minimum Gasteiger partial charge on any atom is -0.241 e. The molecule has 1 aromatic heterocycles. The molecule has 0 radical (unpaired) electrons. The van der Waals surface area contributed by atoms with Gasteiger partial charge >= 0.3 is 0 Å². The maximum atomic E-state index is 4.92. The predicted molar refractivity (Wildman–Crippen MR) is 122 cm³/mol. The van der Waals surface area contributed by atoms with Crippen LogP contribution in [0.4, 0.5) is 0 Å². The zero-order chi connectivity index (χ0) is 20.0. The highest BCUT2D eigenvalue weighted by Gasteiger charge is 2.24. The summed E-state index contributed by atoms with van der Waals surface area (Å²) in [5, 5.41) is 0. The highest BCUT2D eigenvalue weighted by Crippen LogP contribution is 2.36. The van der Waals surface area contributed by atoms with E-state index in [4.69, 9.17) is 9.97 Å². The van der Waals surface area contributed by atoms with Gasteiger partial charge in [0.05, 0.1) is 0 Å². The molecule has 0 unspecified atom stereocenters. The van der Waals surface area contributed by atoms with E-state index in [1.54, 1.807) is 0 Å². The molecule has 1 aromatic rings. The summed E-state index contributed by atoms with van der Waals surface area (Å²) >= 11 is 0. The molecule has 1 fully saturated rings. The van der Waals surface area contributed by atoms with E-state index < -0.39 is 0 Å². The van der Waals surface area contributed by atoms with E-state index in [0.717, 1.165) is 18.2 Å². The maximum absolute atomic E-state index is 4.92. The van der Waals surface area contributed by atoms with Crippen LogP contribution >= 0.6 is 0 Å². The Morgan fingerprint density at radius 1 is 0.786 bits per heavy atom. The van der Waals surface area contributed by atoms with Crippen molar-refractivity contribution < 1.29 is 0 Å². The summed E-state index contributed by atoms with van der Waals surface area (Å²) in [5.74, 6) is 2.69. The first-order valence-electron chi connectivity index (χ1n) is 12.6. The molecule has 0 saturated heterocycles. The SMILES string of the molecule is CCCCCCCCCCCCc1cnc([C@H]2CC[C@H](CCC)CC2)nc1C. The molecular formula is C26H46N2. The molecule has 1 aliphatic carbocycles. The van der Waals surface area contributed by atoms with E-state index in [-0.39, 0.29) is 0 Å². The number of nitrogens with zero attached hydrogens (tertiary/aromatic N) is 2. The van der Waals surface area contributed by atoms with Gasteiger partial charge in [0, 0.05) is 17.8 Å². The molecule has 2 rings (SSSR count). The molecule has 2 nitrogen and oxygen atoms in total. The van der Waals surface area contributed by atoms with Gasteiger partial charge in [-0.15, -0.1) is 0 Å². The largest absolute Gasteiger partial charge is 0.241 e. The van der Waals surface area contributed by atoms with Gasteiger partial charge in [-0.1, -0.05) is 84.5 Å². The topological polar surface area (TPSA) is 25.8 Å². The van der Waals surface area contributed by atoms with Gasteiger partial charge in [0.15, 0.2) is 0 Å². The van der Waals surface area contributed by atoms with Gasteiger partial charge < -0.3 is 0 Å². The Morgan fingerprint density at radius 3 is 1.96 bits per heavy atom. The Hall–Kier alpha value is -0.920. The molecule has 1 heterocycles. The normalized spacial score (nSPS) is 19.8. The Kier molecular flexibility index (Phi) is 11.8. The molecule has 160 valence electrons. The molecule has 0 amide bonds. The molecule has 1 aliphatic rings. The highest BCUT2D eigenvalue weighted by molar-refractivity contribution is 5.17. The molecule has 0 aromatic carbocycles. The summed E-state index contributed by atoms with van der Waals surface area (Å²) in [6.07, 6.45) is 25.4. The minimum atomic E-state index is 0.609. The number of aromatic nitrogens is 2. The van der Waals surface area contributed by atoms with Crippen LogP contribution in [-0.2, 0) is 6.42 Å². The van der Waals surface area contributed by atoms with Crippen LogP contribution in [0.15, 0.2) is 6.20 Å². The van der Waals surface area contributed by atoms with Crippen molar-refractivity contribution in [2.75, 3.05) is 0 Å². The van der Waals surface area contributed by atoms with Crippen molar-refractivity contribution in [2.24, 2.45) is 5.92 Å². The van der Waals surface area contributed by atoms with Crippen LogP contribution < -0.4 is 0 Å². The highest BCUT2D eigenvalue weighted by atomic mass is 14.9. The van der Waals surface area contributed by atoms with Gasteiger partial charge in [0.25, 0.3) is 0 Å². The molecule has 1 saturated carbocycles. The smallest absolute Gasteiger partial charge is 0.131 e. The predicted octanol–water partition coefficient (Wildman–Crippen LogP) is 8.32. The maximum Gasteiger partial charge on any atom is 0.131 e. The van der Waals surface area contributed by atoms with Crippen molar-refractivity contribution in [3.63, 3.8) is 0 Å². The second-order valence-electron chi connectivity index (χ2n) is 9.28. The molecule has 28 heavy (non-hydrogen) atoms. The zero-order valence-electron chi connectivity index (χ0n) is 19.1. The molecule has 2 heteroatoms. The second kappa shape index (κ2) is 14.1. The molecular weight excluding hydrogens is 340 g/mol. The number of rotatable bonds is 14. The van der Waals surface area contributed by atoms with E-state index >= 15 is 0 Å². The van der Waals surface area contributed by atoms with Gasteiger partial charge in [-0.25, -0.2) is 9.97 Å². The van der Waals surface area contributed by atoms with Crippen molar-refractivity contribution in [1.29, 1.82) is 0 Å². The van der Waals surface area contributed by atoms with Crippen LogP contribution in [0.25, 0.3) is 0 Å². The Bertz CT molecular complexity index is 517. The lowest BCUT2D eigenvalue weighted by Crippen LogP contribution is -2.16. The number of aryl methyl sites for hydroxylation is 2. The van der Waals surface area contributed by atoms with Crippen molar-refractivity contribution in [3.05, 3.63) is 23.3 Å². The van der Waals surface area contributed by atoms with E-state index in [9.17, 15) is 0 Å². The molecule has 0 aliphatic heterocycles. The lowest BCUT2D eigenvalue weighted by atomic mass is 9.79. The van der Waals surface area contributed by atoms with Crippen molar-refractivity contribution in [1.82, 2.24) is 9.97 Å². The number of hydrogen-bond donors (Lipinski definition) is 0. The summed E-state index contributed by atoms with van der Waals surface area (Å²) in [6, 6.07) is 0. The third-order valence-corrected chi connectivity index (χ3v) is 6.81. The standard InChI is InChI=1S/C26H46N2/c1-4-6-7-8-9-10-11-12-13-14-16-25-21-27-26(28-22(25)3)24-19-17-23(15-5-2)18-20-24/h21,23-24H,4-20H2,1-3H3/t23-,24-. The third kappa shape index (κ3) is 8.62. The summed E-state index contributed by atoms with van der Waals surface area (Å²) in [5.41, 5.74) is 2.61. The van der Waals surface area contributed by atoms with Crippen molar-refractivity contribution in [3.8, 4) is 0 Å². The van der Waals surface area contributed by atoms with E-state index in [1.807, 2.05) is 0 Å². The third-order valence-electron chi connectivity index (χ3n) is 6.81. The van der Waals surface area contributed by atoms with Crippen LogP contribution in [-0.4, -0.2) is 9.97 Å². The monoisotopic (exact) mass is 386 g/mol. The first-order chi connectivity index (χ1) is 13.7. The molecule has 0 bridgehead atoms. The number of unbranched alkanes of at least 4 members (excludes halogenated alkanes) is 9. The van der Waals surface area contributed by atoms with Crippen LogP contribution in [0.5, 0.6) is 0 Å². The van der Waals surface area contributed by atoms with Gasteiger partial charge in [-0.2, -0.15) is 0 Å². The fourth-order valence-corrected chi connectivity index (χ4v) is 4.87. The minimum absolute atomic E-state index is 0.609. The van der Waals surface area contributed by atoms with Gasteiger partial charge in [0.1, 0.15) is 5.82 Å². The molecule has 0 N–H and O–H groups in total. The lowest BCUT2D eigenvalue weighted by molar-refractivity contribution is 0.302. The lowest BCUT2D eigenvalue weighted by Gasteiger charge is -2.27. The first kappa shape index (κ1) is 23.4. The van der Waals surface area contributed by atoms with Crippen LogP contribution in [0.2, 0.25) is 0 Å². The fourth-order valence-electron chi connectivity index (χ4n) is 4.87. The van der Waals surface area contributed by atoms with E-state index in [1.165, 1.54) is 114 Å². The van der Waals surface area contributed by atoms with E-state index in [2.05, 4.69) is 27.0 Å². The van der Waals surface area contributed by atoms with Gasteiger partial charge in [0.2, 0.25) is 0 Å². The Morgan fingerprint density at radius 2 is 1.39 bits per heavy atom. The Balaban J connectivity index is 1.61. The fraction of sp³-hybridized carbons (Fsp3) is 0.846. The van der Waals surface area contributed by atoms with Crippen LogP contribution in [0, 0.1) is 12.8 Å². The molecule has 0 spiro atoms. The van der Waals surface area contributed by atoms with Gasteiger partial charge in [-0.05, 0) is 56.9 Å². The zero-order valence-corrected chi connectivity index (χ0v) is 19.1. The second-order valence-corrected chi connectivity index (χ2v) is 9.28. The van der Waals surface area contributed by atoms with E-state index in [0.29, 0.717) is 5.92 Å². The quantitative estimate of drug-likeness (QED) is 0.300. The van der Waals surface area contributed by atoms with Crippen molar-refractivity contribution >= 4 is 0 Å². The van der Waals surface area contributed by atoms with Crippen molar-refractivity contribution in [2.45, 2.75) is 136 Å².